The van der Waals surface area contributed by atoms with Gasteiger partial charge in [0.1, 0.15) is 5.82 Å². The second kappa shape index (κ2) is 5.96. The van der Waals surface area contributed by atoms with Gasteiger partial charge < -0.3 is 0 Å². The van der Waals surface area contributed by atoms with Crippen LogP contribution in [0.25, 0.3) is 0 Å². The fourth-order valence-electron chi connectivity index (χ4n) is 1.94. The van der Waals surface area contributed by atoms with Crippen LogP contribution in [0.3, 0.4) is 0 Å². The zero-order valence-corrected chi connectivity index (χ0v) is 10.5. The van der Waals surface area contributed by atoms with E-state index in [2.05, 4.69) is 5.43 Å². The van der Waals surface area contributed by atoms with Crippen molar-refractivity contribution < 1.29 is 4.39 Å². The lowest BCUT2D eigenvalue weighted by Crippen LogP contribution is -2.30. The Hall–Kier alpha value is -1.42. The minimum absolute atomic E-state index is 0.346. The van der Waals surface area contributed by atoms with Crippen molar-refractivity contribution in [1.82, 2.24) is 5.43 Å². The van der Waals surface area contributed by atoms with Crippen LogP contribution < -0.4 is 11.3 Å². The average molecular weight is 265 g/mol. The van der Waals surface area contributed by atoms with Gasteiger partial charge in [-0.2, -0.15) is 0 Å². The highest BCUT2D eigenvalue weighted by Gasteiger charge is 2.18. The van der Waals surface area contributed by atoms with E-state index in [9.17, 15) is 4.39 Å². The highest BCUT2D eigenvalue weighted by molar-refractivity contribution is 6.31. The minimum atomic E-state index is -0.346. The zero-order chi connectivity index (χ0) is 13.0. The predicted octanol–water partition coefficient (Wildman–Crippen LogP) is 3.23. The molecule has 0 fully saturated rings. The summed E-state index contributed by atoms with van der Waals surface area (Å²) < 4.78 is 13.8. The molecule has 0 saturated heterocycles. The Labute approximate surface area is 111 Å². The van der Waals surface area contributed by atoms with Gasteiger partial charge in [-0.1, -0.05) is 48.0 Å². The molecular formula is C14H14ClFN2. The van der Waals surface area contributed by atoms with Gasteiger partial charge in [0, 0.05) is 10.6 Å². The van der Waals surface area contributed by atoms with Crippen LogP contribution >= 0.6 is 11.6 Å². The topological polar surface area (TPSA) is 38.0 Å². The van der Waals surface area contributed by atoms with Crippen LogP contribution in [0, 0.1) is 5.82 Å². The van der Waals surface area contributed by atoms with Crippen molar-refractivity contribution in [2.24, 2.45) is 5.84 Å². The molecule has 0 saturated carbocycles. The lowest BCUT2D eigenvalue weighted by atomic mass is 9.99. The highest BCUT2D eigenvalue weighted by Crippen LogP contribution is 2.27. The van der Waals surface area contributed by atoms with Gasteiger partial charge in [0.15, 0.2) is 0 Å². The van der Waals surface area contributed by atoms with Crippen molar-refractivity contribution in [2.75, 3.05) is 0 Å². The number of hydrogen-bond donors (Lipinski definition) is 2. The molecule has 0 aliphatic rings. The third-order valence-electron chi connectivity index (χ3n) is 2.83. The molecule has 1 atom stereocenters. The van der Waals surface area contributed by atoms with Crippen LogP contribution in [-0.4, -0.2) is 0 Å². The van der Waals surface area contributed by atoms with Crippen molar-refractivity contribution in [3.63, 3.8) is 0 Å². The molecule has 2 nitrogen and oxygen atoms in total. The second-order valence-electron chi connectivity index (χ2n) is 4.04. The Morgan fingerprint density at radius 1 is 1.11 bits per heavy atom. The summed E-state index contributed by atoms with van der Waals surface area (Å²) in [5, 5.41) is 0.383. The lowest BCUT2D eigenvalue weighted by molar-refractivity contribution is 0.511. The van der Waals surface area contributed by atoms with E-state index < -0.39 is 0 Å². The quantitative estimate of drug-likeness (QED) is 0.657. The van der Waals surface area contributed by atoms with Gasteiger partial charge in [-0.15, -0.1) is 0 Å². The molecule has 0 aliphatic heterocycles. The largest absolute Gasteiger partial charge is 0.271 e. The summed E-state index contributed by atoms with van der Waals surface area (Å²) in [6.45, 7) is 0. The summed E-state index contributed by atoms with van der Waals surface area (Å²) >= 11 is 6.03. The van der Waals surface area contributed by atoms with Crippen molar-refractivity contribution >= 4 is 11.6 Å². The van der Waals surface area contributed by atoms with Crippen molar-refractivity contribution in [3.8, 4) is 0 Å². The molecule has 94 valence electrons. The fraction of sp³-hybridized carbons (Fsp3) is 0.143. The fourth-order valence-corrected chi connectivity index (χ4v) is 2.23. The molecule has 0 spiro atoms. The maximum absolute atomic E-state index is 13.8. The first kappa shape index (κ1) is 13.0. The van der Waals surface area contributed by atoms with E-state index in [0.717, 1.165) is 5.56 Å². The molecule has 0 aromatic heterocycles. The van der Waals surface area contributed by atoms with Gasteiger partial charge in [0.25, 0.3) is 0 Å². The molecule has 1 unspecified atom stereocenters. The number of hydrogen-bond acceptors (Lipinski definition) is 2. The van der Waals surface area contributed by atoms with E-state index in [1.807, 2.05) is 30.3 Å². The van der Waals surface area contributed by atoms with E-state index >= 15 is 0 Å². The monoisotopic (exact) mass is 264 g/mol. The first-order valence-electron chi connectivity index (χ1n) is 5.66. The van der Waals surface area contributed by atoms with E-state index in [-0.39, 0.29) is 11.9 Å². The normalized spacial score (nSPS) is 12.4. The van der Waals surface area contributed by atoms with Gasteiger partial charge in [-0.05, 0) is 24.1 Å². The van der Waals surface area contributed by atoms with E-state index in [1.165, 1.54) is 6.07 Å². The Balaban J connectivity index is 2.29. The van der Waals surface area contributed by atoms with Gasteiger partial charge in [0.2, 0.25) is 0 Å². The third kappa shape index (κ3) is 2.88. The van der Waals surface area contributed by atoms with Crippen LogP contribution in [0.5, 0.6) is 0 Å². The summed E-state index contributed by atoms with van der Waals surface area (Å²) in [7, 11) is 0. The summed E-state index contributed by atoms with van der Waals surface area (Å²) in [5.41, 5.74) is 4.10. The first-order chi connectivity index (χ1) is 8.72. The standard InChI is InChI=1S/C14H14ClFN2/c15-11-7-4-8-12(16)14(11)13(18-17)9-10-5-2-1-3-6-10/h1-8,13,18H,9,17H2. The zero-order valence-electron chi connectivity index (χ0n) is 9.74. The van der Waals surface area contributed by atoms with Crippen molar-refractivity contribution in [1.29, 1.82) is 0 Å². The van der Waals surface area contributed by atoms with E-state index in [1.54, 1.807) is 12.1 Å². The minimum Gasteiger partial charge on any atom is -0.271 e. The summed E-state index contributed by atoms with van der Waals surface area (Å²) in [6.07, 6.45) is 0.581. The average Bonchev–Trinajstić information content (AvgIpc) is 2.38. The Morgan fingerprint density at radius 3 is 2.44 bits per heavy atom. The van der Waals surface area contributed by atoms with Crippen LogP contribution in [0.15, 0.2) is 48.5 Å². The number of nitrogens with one attached hydrogen (secondary N) is 1. The van der Waals surface area contributed by atoms with Gasteiger partial charge in [-0.25, -0.2) is 4.39 Å². The Bertz CT molecular complexity index is 496. The van der Waals surface area contributed by atoms with Gasteiger partial charge >= 0.3 is 0 Å². The molecule has 0 heterocycles. The molecule has 2 aromatic rings. The SMILES string of the molecule is NNC(Cc1ccccc1)c1c(F)cccc1Cl. The van der Waals surface area contributed by atoms with Gasteiger partial charge in [-0.3, -0.25) is 11.3 Å². The number of nitrogens with two attached hydrogens (primary N) is 1. The molecule has 18 heavy (non-hydrogen) atoms. The highest BCUT2D eigenvalue weighted by atomic mass is 35.5. The molecule has 4 heteroatoms. The summed E-state index contributed by atoms with van der Waals surface area (Å²) in [6, 6.07) is 14.0. The van der Waals surface area contributed by atoms with Crippen LogP contribution in [0.2, 0.25) is 5.02 Å². The molecule has 0 amide bonds. The Morgan fingerprint density at radius 2 is 1.83 bits per heavy atom. The van der Waals surface area contributed by atoms with Crippen molar-refractivity contribution in [2.45, 2.75) is 12.5 Å². The van der Waals surface area contributed by atoms with E-state index in [4.69, 9.17) is 17.4 Å². The maximum Gasteiger partial charge on any atom is 0.129 e. The molecular weight excluding hydrogens is 251 g/mol. The molecule has 0 aliphatic carbocycles. The maximum atomic E-state index is 13.8. The number of benzene rings is 2. The van der Waals surface area contributed by atoms with Crippen LogP contribution in [0.4, 0.5) is 4.39 Å². The van der Waals surface area contributed by atoms with Crippen LogP contribution in [0.1, 0.15) is 17.2 Å². The second-order valence-corrected chi connectivity index (χ2v) is 4.45. The third-order valence-corrected chi connectivity index (χ3v) is 3.16. The molecule has 3 N–H and O–H groups in total. The number of halogens is 2. The molecule has 0 bridgehead atoms. The first-order valence-corrected chi connectivity index (χ1v) is 6.04. The van der Waals surface area contributed by atoms with E-state index in [0.29, 0.717) is 17.0 Å². The van der Waals surface area contributed by atoms with Gasteiger partial charge in [0.05, 0.1) is 6.04 Å². The summed E-state index contributed by atoms with van der Waals surface area (Å²) in [4.78, 5) is 0. The predicted molar refractivity (Wildman–Crippen MR) is 71.6 cm³/mol. The summed E-state index contributed by atoms with van der Waals surface area (Å²) in [5.74, 6) is 5.17. The van der Waals surface area contributed by atoms with Crippen molar-refractivity contribution in [3.05, 3.63) is 70.5 Å². The molecule has 2 rings (SSSR count). The molecule has 2 aromatic carbocycles. The lowest BCUT2D eigenvalue weighted by Gasteiger charge is -2.18. The number of rotatable bonds is 4. The number of hydrazine groups is 1. The Kier molecular flexibility index (Phi) is 4.31. The van der Waals surface area contributed by atoms with Crippen LogP contribution in [-0.2, 0) is 6.42 Å². The molecule has 0 radical (unpaired) electrons. The smallest absolute Gasteiger partial charge is 0.129 e.